The number of aromatic nitrogens is 2. The fourth-order valence-corrected chi connectivity index (χ4v) is 1.91. The summed E-state index contributed by atoms with van der Waals surface area (Å²) in [7, 11) is 0. The Morgan fingerprint density at radius 2 is 1.85 bits per heavy atom. The first kappa shape index (κ1) is 14.4. The molecule has 0 saturated heterocycles. The first-order valence-electron chi connectivity index (χ1n) is 6.63. The third-order valence-electron chi connectivity index (χ3n) is 3.00. The Balaban J connectivity index is 2.57. The highest BCUT2D eigenvalue weighted by Gasteiger charge is 2.15. The van der Waals surface area contributed by atoms with Gasteiger partial charge in [0.15, 0.2) is 11.6 Å². The SMILES string of the molecule is CCNc1cc(-c2ccc(C)c(F)c2F)nc(CC)n1. The molecule has 5 heteroatoms. The summed E-state index contributed by atoms with van der Waals surface area (Å²) < 4.78 is 27.7. The predicted octanol–water partition coefficient (Wildman–Crippen LogP) is 3.72. The van der Waals surface area contributed by atoms with E-state index in [0.29, 0.717) is 30.3 Å². The van der Waals surface area contributed by atoms with Crippen molar-refractivity contribution in [2.24, 2.45) is 0 Å². The summed E-state index contributed by atoms with van der Waals surface area (Å²) in [6.07, 6.45) is 0.627. The van der Waals surface area contributed by atoms with E-state index in [0.717, 1.165) is 0 Å². The quantitative estimate of drug-likeness (QED) is 0.925. The number of halogens is 2. The largest absolute Gasteiger partial charge is 0.370 e. The molecule has 0 spiro atoms. The Morgan fingerprint density at radius 3 is 2.50 bits per heavy atom. The normalized spacial score (nSPS) is 10.7. The lowest BCUT2D eigenvalue weighted by molar-refractivity contribution is 0.505. The van der Waals surface area contributed by atoms with E-state index in [9.17, 15) is 8.78 Å². The van der Waals surface area contributed by atoms with Gasteiger partial charge in [0.25, 0.3) is 0 Å². The van der Waals surface area contributed by atoms with Gasteiger partial charge in [-0.3, -0.25) is 0 Å². The molecule has 1 heterocycles. The lowest BCUT2D eigenvalue weighted by Gasteiger charge is -2.10. The minimum Gasteiger partial charge on any atom is -0.370 e. The molecular formula is C15H17F2N3. The minimum atomic E-state index is -0.867. The van der Waals surface area contributed by atoms with Crippen molar-refractivity contribution in [3.05, 3.63) is 41.2 Å². The molecule has 0 atom stereocenters. The lowest BCUT2D eigenvalue weighted by Crippen LogP contribution is -2.05. The molecule has 0 aliphatic rings. The van der Waals surface area contributed by atoms with Crippen molar-refractivity contribution in [3.8, 4) is 11.3 Å². The van der Waals surface area contributed by atoms with Crippen LogP contribution >= 0.6 is 0 Å². The van der Waals surface area contributed by atoms with Gasteiger partial charge in [-0.2, -0.15) is 0 Å². The molecule has 2 aromatic rings. The van der Waals surface area contributed by atoms with Gasteiger partial charge in [-0.25, -0.2) is 18.7 Å². The van der Waals surface area contributed by atoms with E-state index in [4.69, 9.17) is 0 Å². The van der Waals surface area contributed by atoms with Crippen LogP contribution in [0.15, 0.2) is 18.2 Å². The van der Waals surface area contributed by atoms with Gasteiger partial charge in [0, 0.05) is 24.6 Å². The van der Waals surface area contributed by atoms with Gasteiger partial charge in [0.2, 0.25) is 0 Å². The van der Waals surface area contributed by atoms with Crippen LogP contribution in [0.2, 0.25) is 0 Å². The Kier molecular flexibility index (Phi) is 4.27. The van der Waals surface area contributed by atoms with Crippen molar-refractivity contribution >= 4 is 5.82 Å². The monoisotopic (exact) mass is 277 g/mol. The third-order valence-corrected chi connectivity index (χ3v) is 3.00. The smallest absolute Gasteiger partial charge is 0.168 e. The van der Waals surface area contributed by atoms with Gasteiger partial charge in [-0.05, 0) is 25.5 Å². The van der Waals surface area contributed by atoms with Gasteiger partial charge >= 0.3 is 0 Å². The zero-order valence-corrected chi connectivity index (χ0v) is 11.8. The maximum absolute atomic E-state index is 14.0. The van der Waals surface area contributed by atoms with Crippen molar-refractivity contribution in [2.75, 3.05) is 11.9 Å². The first-order valence-corrected chi connectivity index (χ1v) is 6.63. The van der Waals surface area contributed by atoms with Crippen molar-refractivity contribution in [3.63, 3.8) is 0 Å². The summed E-state index contributed by atoms with van der Waals surface area (Å²) in [5.74, 6) is -0.481. The van der Waals surface area contributed by atoms with Gasteiger partial charge in [0.1, 0.15) is 11.6 Å². The molecule has 0 amide bonds. The Hall–Kier alpha value is -2.04. The number of anilines is 1. The molecule has 3 nitrogen and oxygen atoms in total. The summed E-state index contributed by atoms with van der Waals surface area (Å²) >= 11 is 0. The molecule has 0 aliphatic carbocycles. The first-order chi connectivity index (χ1) is 9.56. The van der Waals surface area contributed by atoms with Crippen molar-refractivity contribution in [1.82, 2.24) is 9.97 Å². The summed E-state index contributed by atoms with van der Waals surface area (Å²) in [5, 5.41) is 3.07. The van der Waals surface area contributed by atoms with E-state index < -0.39 is 11.6 Å². The molecule has 0 saturated carbocycles. The summed E-state index contributed by atoms with van der Waals surface area (Å²) in [6.45, 7) is 6.09. The average molecular weight is 277 g/mol. The van der Waals surface area contributed by atoms with E-state index in [2.05, 4.69) is 15.3 Å². The second-order valence-electron chi connectivity index (χ2n) is 4.50. The van der Waals surface area contributed by atoms with Crippen LogP contribution in [0.3, 0.4) is 0 Å². The molecule has 0 radical (unpaired) electrons. The Labute approximate surface area is 117 Å². The molecular weight excluding hydrogens is 260 g/mol. The fraction of sp³-hybridized carbons (Fsp3) is 0.333. The lowest BCUT2D eigenvalue weighted by atomic mass is 10.1. The number of hydrogen-bond donors (Lipinski definition) is 1. The summed E-state index contributed by atoms with van der Waals surface area (Å²) in [6, 6.07) is 4.73. The fourth-order valence-electron chi connectivity index (χ4n) is 1.91. The standard InChI is InChI=1S/C15H17F2N3/c1-4-12-19-11(8-13(20-12)18-5-2)10-7-6-9(3)14(16)15(10)17/h6-8H,4-5H2,1-3H3,(H,18,19,20). The van der Waals surface area contributed by atoms with Crippen LogP contribution in [-0.4, -0.2) is 16.5 Å². The molecule has 106 valence electrons. The van der Waals surface area contributed by atoms with Gasteiger partial charge in [0.05, 0.1) is 5.69 Å². The van der Waals surface area contributed by atoms with E-state index in [1.807, 2.05) is 13.8 Å². The van der Waals surface area contributed by atoms with Gasteiger partial charge in [-0.1, -0.05) is 13.0 Å². The number of aryl methyl sites for hydroxylation is 2. The molecule has 0 unspecified atom stereocenters. The molecule has 0 fully saturated rings. The van der Waals surface area contributed by atoms with Crippen LogP contribution in [0.5, 0.6) is 0 Å². The highest BCUT2D eigenvalue weighted by Crippen LogP contribution is 2.26. The highest BCUT2D eigenvalue weighted by molar-refractivity contribution is 5.64. The third kappa shape index (κ3) is 2.76. The van der Waals surface area contributed by atoms with Crippen LogP contribution in [-0.2, 0) is 6.42 Å². The van der Waals surface area contributed by atoms with Crippen molar-refractivity contribution < 1.29 is 8.78 Å². The van der Waals surface area contributed by atoms with Crippen LogP contribution in [0.4, 0.5) is 14.6 Å². The molecule has 1 N–H and O–H groups in total. The number of rotatable bonds is 4. The van der Waals surface area contributed by atoms with Crippen LogP contribution in [0.25, 0.3) is 11.3 Å². The topological polar surface area (TPSA) is 37.8 Å². The van der Waals surface area contributed by atoms with Gasteiger partial charge in [-0.15, -0.1) is 0 Å². The van der Waals surface area contributed by atoms with Crippen molar-refractivity contribution in [2.45, 2.75) is 27.2 Å². The second kappa shape index (κ2) is 5.94. The summed E-state index contributed by atoms with van der Waals surface area (Å²) in [5.41, 5.74) is 0.830. The Bertz CT molecular complexity index is 627. The Morgan fingerprint density at radius 1 is 1.10 bits per heavy atom. The van der Waals surface area contributed by atoms with Gasteiger partial charge < -0.3 is 5.32 Å². The highest BCUT2D eigenvalue weighted by atomic mass is 19.2. The molecule has 2 rings (SSSR count). The molecule has 1 aromatic heterocycles. The second-order valence-corrected chi connectivity index (χ2v) is 4.50. The van der Waals surface area contributed by atoms with Crippen LogP contribution < -0.4 is 5.32 Å². The zero-order valence-electron chi connectivity index (χ0n) is 11.8. The van der Waals surface area contributed by atoms with Crippen LogP contribution in [0, 0.1) is 18.6 Å². The minimum absolute atomic E-state index is 0.157. The van der Waals surface area contributed by atoms with Crippen LogP contribution in [0.1, 0.15) is 25.2 Å². The zero-order chi connectivity index (χ0) is 14.7. The van der Waals surface area contributed by atoms with Crippen molar-refractivity contribution in [1.29, 1.82) is 0 Å². The predicted molar refractivity (Wildman–Crippen MR) is 75.7 cm³/mol. The number of nitrogens with one attached hydrogen (secondary N) is 1. The molecule has 20 heavy (non-hydrogen) atoms. The average Bonchev–Trinajstić information content (AvgIpc) is 2.45. The van der Waals surface area contributed by atoms with E-state index in [1.54, 1.807) is 18.2 Å². The maximum Gasteiger partial charge on any atom is 0.168 e. The van der Waals surface area contributed by atoms with E-state index >= 15 is 0 Å². The number of hydrogen-bond acceptors (Lipinski definition) is 3. The number of benzene rings is 1. The molecule has 0 aliphatic heterocycles. The van der Waals surface area contributed by atoms with E-state index in [1.165, 1.54) is 6.92 Å². The maximum atomic E-state index is 14.0. The van der Waals surface area contributed by atoms with E-state index in [-0.39, 0.29) is 11.1 Å². The molecule has 0 bridgehead atoms. The number of nitrogens with zero attached hydrogens (tertiary/aromatic N) is 2. The summed E-state index contributed by atoms with van der Waals surface area (Å²) in [4.78, 5) is 8.58. The molecule has 1 aromatic carbocycles.